The van der Waals surface area contributed by atoms with Crippen molar-refractivity contribution in [1.29, 1.82) is 0 Å². The fraction of sp³-hybridized carbons (Fsp3) is 0.444. The van der Waals surface area contributed by atoms with Gasteiger partial charge < -0.3 is 31.3 Å². The van der Waals surface area contributed by atoms with Crippen LogP contribution in [0.5, 0.6) is 0 Å². The molecule has 6 N–H and O–H groups in total. The van der Waals surface area contributed by atoms with Crippen LogP contribution in [0.3, 0.4) is 0 Å². The van der Waals surface area contributed by atoms with Crippen molar-refractivity contribution in [2.24, 2.45) is 0 Å². The van der Waals surface area contributed by atoms with E-state index in [-0.39, 0.29) is 25.1 Å². The predicted molar refractivity (Wildman–Crippen MR) is 102 cm³/mol. The zero-order chi connectivity index (χ0) is 23.4. The van der Waals surface area contributed by atoms with Crippen LogP contribution in [0.2, 0.25) is 0 Å². The molecule has 0 saturated heterocycles. The van der Waals surface area contributed by atoms with Crippen molar-refractivity contribution >= 4 is 29.8 Å². The number of carboxylic acid groups (broad SMARTS) is 3. The summed E-state index contributed by atoms with van der Waals surface area (Å²) in [5, 5.41) is 33.5. The number of carbonyl (C=O) groups excluding carboxylic acids is 2. The number of hydrogen-bond acceptors (Lipinski definition) is 6. The van der Waals surface area contributed by atoms with Crippen LogP contribution in [-0.2, 0) is 14.4 Å². The van der Waals surface area contributed by atoms with Crippen LogP contribution in [0.25, 0.3) is 0 Å². The van der Waals surface area contributed by atoms with Crippen LogP contribution in [0.4, 0.5) is 9.18 Å². The maximum Gasteiger partial charge on any atom is 0.326 e. The van der Waals surface area contributed by atoms with Gasteiger partial charge in [0, 0.05) is 13.0 Å². The molecule has 0 unspecified atom stereocenters. The SMILES string of the molecule is O=C(O)CC[C@H](NC(=O)N[C@@H](CCCCNC(=O)c1ccc(F)cn1)C(=O)O)C(=O)O. The minimum Gasteiger partial charge on any atom is -0.481 e. The van der Waals surface area contributed by atoms with E-state index in [2.05, 4.69) is 15.6 Å². The number of halogens is 1. The molecule has 0 aliphatic heterocycles. The minimum atomic E-state index is -1.49. The topological polar surface area (TPSA) is 195 Å². The zero-order valence-electron chi connectivity index (χ0n) is 16.3. The molecule has 1 rings (SSSR count). The Morgan fingerprint density at radius 2 is 1.55 bits per heavy atom. The van der Waals surface area contributed by atoms with Gasteiger partial charge in [-0.05, 0) is 37.8 Å². The normalized spacial score (nSPS) is 12.3. The molecule has 0 fully saturated rings. The molecule has 31 heavy (non-hydrogen) atoms. The van der Waals surface area contributed by atoms with E-state index in [9.17, 15) is 33.5 Å². The van der Waals surface area contributed by atoms with E-state index in [0.29, 0.717) is 12.8 Å². The van der Waals surface area contributed by atoms with Crippen LogP contribution >= 0.6 is 0 Å². The Hall–Kier alpha value is -3.77. The molecule has 3 amide bonds. The largest absolute Gasteiger partial charge is 0.481 e. The number of aromatic nitrogens is 1. The summed E-state index contributed by atoms with van der Waals surface area (Å²) >= 11 is 0. The molecule has 0 bridgehead atoms. The average Bonchev–Trinajstić information content (AvgIpc) is 2.69. The lowest BCUT2D eigenvalue weighted by atomic mass is 10.1. The second kappa shape index (κ2) is 12.7. The first kappa shape index (κ1) is 25.3. The van der Waals surface area contributed by atoms with Crippen LogP contribution in [-0.4, -0.2) is 68.8 Å². The van der Waals surface area contributed by atoms with Crippen molar-refractivity contribution < 1.29 is 43.7 Å². The van der Waals surface area contributed by atoms with Gasteiger partial charge in [0.1, 0.15) is 23.6 Å². The Bertz CT molecular complexity index is 802. The second-order valence-corrected chi connectivity index (χ2v) is 6.45. The summed E-state index contributed by atoms with van der Waals surface area (Å²) in [4.78, 5) is 60.3. The maximum absolute atomic E-state index is 12.8. The first-order chi connectivity index (χ1) is 14.6. The van der Waals surface area contributed by atoms with Crippen molar-refractivity contribution in [2.45, 2.75) is 44.2 Å². The first-order valence-corrected chi connectivity index (χ1v) is 9.24. The molecule has 13 heteroatoms. The van der Waals surface area contributed by atoms with Gasteiger partial charge in [0.05, 0.1) is 6.20 Å². The number of carboxylic acids is 3. The molecule has 1 heterocycles. The van der Waals surface area contributed by atoms with Crippen molar-refractivity contribution in [3.05, 3.63) is 29.8 Å². The van der Waals surface area contributed by atoms with Crippen LogP contribution in [0.15, 0.2) is 18.3 Å². The van der Waals surface area contributed by atoms with Gasteiger partial charge in [-0.2, -0.15) is 0 Å². The quantitative estimate of drug-likeness (QED) is 0.231. The molecule has 0 spiro atoms. The summed E-state index contributed by atoms with van der Waals surface area (Å²) in [6.07, 6.45) is 0.725. The highest BCUT2D eigenvalue weighted by atomic mass is 19.1. The number of carbonyl (C=O) groups is 5. The highest BCUT2D eigenvalue weighted by Gasteiger charge is 2.24. The van der Waals surface area contributed by atoms with Gasteiger partial charge in [0.15, 0.2) is 0 Å². The Labute approximate surface area is 175 Å². The van der Waals surface area contributed by atoms with Crippen LogP contribution in [0, 0.1) is 5.82 Å². The minimum absolute atomic E-state index is 0.000284. The number of rotatable bonds is 13. The fourth-order valence-electron chi connectivity index (χ4n) is 2.42. The number of aliphatic carboxylic acids is 3. The second-order valence-electron chi connectivity index (χ2n) is 6.45. The third kappa shape index (κ3) is 10.0. The summed E-state index contributed by atoms with van der Waals surface area (Å²) in [6.45, 7) is 0.187. The highest BCUT2D eigenvalue weighted by molar-refractivity contribution is 5.92. The molecule has 12 nitrogen and oxygen atoms in total. The van der Waals surface area contributed by atoms with E-state index in [1.165, 1.54) is 6.07 Å². The third-order valence-electron chi connectivity index (χ3n) is 4.02. The third-order valence-corrected chi connectivity index (χ3v) is 4.02. The summed E-state index contributed by atoms with van der Waals surface area (Å²) in [7, 11) is 0. The van der Waals surface area contributed by atoms with E-state index >= 15 is 0 Å². The van der Waals surface area contributed by atoms with E-state index in [4.69, 9.17) is 10.2 Å². The number of nitrogens with one attached hydrogen (secondary N) is 3. The van der Waals surface area contributed by atoms with Crippen molar-refractivity contribution in [2.75, 3.05) is 6.54 Å². The maximum atomic E-state index is 12.8. The van der Waals surface area contributed by atoms with Crippen molar-refractivity contribution in [3.8, 4) is 0 Å². The molecule has 170 valence electrons. The fourth-order valence-corrected chi connectivity index (χ4v) is 2.42. The Balaban J connectivity index is 2.41. The Morgan fingerprint density at radius 1 is 0.935 bits per heavy atom. The highest BCUT2D eigenvalue weighted by Crippen LogP contribution is 2.03. The molecule has 1 aromatic rings. The number of unbranched alkanes of at least 4 members (excludes halogenated alkanes) is 1. The summed E-state index contributed by atoms with van der Waals surface area (Å²) in [5.41, 5.74) is 0.0269. The Morgan fingerprint density at radius 3 is 2.06 bits per heavy atom. The van der Waals surface area contributed by atoms with Crippen LogP contribution < -0.4 is 16.0 Å². The molecule has 0 aromatic carbocycles. The van der Waals surface area contributed by atoms with Gasteiger partial charge in [0.2, 0.25) is 0 Å². The van der Waals surface area contributed by atoms with E-state index in [1.807, 2.05) is 5.32 Å². The van der Waals surface area contributed by atoms with Crippen LogP contribution in [0.1, 0.15) is 42.6 Å². The van der Waals surface area contributed by atoms with Gasteiger partial charge >= 0.3 is 23.9 Å². The van der Waals surface area contributed by atoms with E-state index in [1.54, 1.807) is 0 Å². The number of amides is 3. The van der Waals surface area contributed by atoms with Gasteiger partial charge in [-0.25, -0.2) is 23.8 Å². The molecule has 2 atom stereocenters. The monoisotopic (exact) mass is 442 g/mol. The van der Waals surface area contributed by atoms with Gasteiger partial charge in [-0.3, -0.25) is 9.59 Å². The summed E-state index contributed by atoms with van der Waals surface area (Å²) in [6, 6.07) is -1.55. The number of urea groups is 1. The van der Waals surface area contributed by atoms with Gasteiger partial charge in [0.25, 0.3) is 5.91 Å². The number of hydrogen-bond donors (Lipinski definition) is 6. The molecule has 0 saturated carbocycles. The zero-order valence-corrected chi connectivity index (χ0v) is 16.3. The number of nitrogens with zero attached hydrogens (tertiary/aromatic N) is 1. The lowest BCUT2D eigenvalue weighted by Crippen LogP contribution is -2.51. The molecule has 0 radical (unpaired) electrons. The molecular weight excluding hydrogens is 419 g/mol. The van der Waals surface area contributed by atoms with Crippen molar-refractivity contribution in [1.82, 2.24) is 20.9 Å². The van der Waals surface area contributed by atoms with E-state index < -0.39 is 54.2 Å². The smallest absolute Gasteiger partial charge is 0.326 e. The lowest BCUT2D eigenvalue weighted by Gasteiger charge is -2.18. The van der Waals surface area contributed by atoms with E-state index in [0.717, 1.165) is 12.3 Å². The number of pyridine rings is 1. The first-order valence-electron chi connectivity index (χ1n) is 9.24. The van der Waals surface area contributed by atoms with Crippen molar-refractivity contribution in [3.63, 3.8) is 0 Å². The molecule has 1 aromatic heterocycles. The molecule has 0 aliphatic carbocycles. The predicted octanol–water partition coefficient (Wildman–Crippen LogP) is 0.191. The standard InChI is InChI=1S/C18H23FN4O8/c19-10-4-5-11(21-9-10)15(26)20-8-2-1-3-12(16(27)28)22-18(31)23-13(17(29)30)6-7-14(24)25/h4-5,9,12-13H,1-3,6-8H2,(H,20,26)(H,24,25)(H,27,28)(H,29,30)(H2,22,23,31)/t12-,13-/m0/s1. The molecule has 0 aliphatic rings. The van der Waals surface area contributed by atoms with Gasteiger partial charge in [-0.1, -0.05) is 0 Å². The summed E-state index contributed by atoms with van der Waals surface area (Å²) < 4.78 is 12.8. The summed E-state index contributed by atoms with van der Waals surface area (Å²) in [5.74, 6) is -5.13. The van der Waals surface area contributed by atoms with Gasteiger partial charge in [-0.15, -0.1) is 0 Å². The lowest BCUT2D eigenvalue weighted by molar-refractivity contribution is -0.140. The molecular formula is C18H23FN4O8. The Kier molecular flexibility index (Phi) is 10.4. The average molecular weight is 442 g/mol.